The predicted octanol–water partition coefficient (Wildman–Crippen LogP) is 2.83. The number of ether oxygens (including phenoxy) is 1. The van der Waals surface area contributed by atoms with Gasteiger partial charge in [0.05, 0.1) is 27.9 Å². The minimum atomic E-state index is -1.19. The van der Waals surface area contributed by atoms with E-state index in [-0.39, 0.29) is 32.9 Å². The molecule has 2 aromatic carbocycles. The van der Waals surface area contributed by atoms with Crippen molar-refractivity contribution in [1.29, 1.82) is 0 Å². The molecule has 3 aromatic rings. The Bertz CT molecular complexity index is 1280. The maximum atomic E-state index is 12.7. The van der Waals surface area contributed by atoms with Gasteiger partial charge in [-0.25, -0.2) is 9.69 Å². The lowest BCUT2D eigenvalue weighted by atomic mass is 10.1. The number of amides is 4. The number of carbonyl (C=O) groups is 5. The van der Waals surface area contributed by atoms with Crippen molar-refractivity contribution in [1.82, 2.24) is 0 Å². The van der Waals surface area contributed by atoms with Gasteiger partial charge >= 0.3 is 5.97 Å². The van der Waals surface area contributed by atoms with Crippen molar-refractivity contribution in [2.24, 2.45) is 5.73 Å². The van der Waals surface area contributed by atoms with Crippen molar-refractivity contribution in [3.05, 3.63) is 82.2 Å². The van der Waals surface area contributed by atoms with Gasteiger partial charge < -0.3 is 15.8 Å². The average Bonchev–Trinajstić information content (AvgIpc) is 3.36. The summed E-state index contributed by atoms with van der Waals surface area (Å²) in [5.41, 5.74) is 6.24. The molecular formula is C23H17N3O6S. The highest BCUT2D eigenvalue weighted by atomic mass is 32.1. The Morgan fingerprint density at radius 2 is 1.67 bits per heavy atom. The Hall–Kier alpha value is -4.31. The molecule has 10 heteroatoms. The number of thiophene rings is 1. The van der Waals surface area contributed by atoms with Gasteiger partial charge in [-0.2, -0.15) is 0 Å². The lowest BCUT2D eigenvalue weighted by Gasteiger charge is -2.16. The highest BCUT2D eigenvalue weighted by Gasteiger charge is 2.36. The summed E-state index contributed by atoms with van der Waals surface area (Å²) in [4.78, 5) is 62.8. The van der Waals surface area contributed by atoms with Crippen LogP contribution in [0.25, 0.3) is 0 Å². The van der Waals surface area contributed by atoms with E-state index in [1.807, 2.05) is 0 Å². The van der Waals surface area contributed by atoms with E-state index < -0.39 is 35.7 Å². The van der Waals surface area contributed by atoms with Crippen molar-refractivity contribution in [3.63, 3.8) is 0 Å². The van der Waals surface area contributed by atoms with Crippen LogP contribution in [-0.4, -0.2) is 35.7 Å². The van der Waals surface area contributed by atoms with Crippen LogP contribution in [0.15, 0.2) is 60.0 Å². The maximum Gasteiger partial charge on any atom is 0.338 e. The summed E-state index contributed by atoms with van der Waals surface area (Å²) in [6.45, 7) is 1.37. The summed E-state index contributed by atoms with van der Waals surface area (Å²) in [5, 5.41) is 4.36. The van der Waals surface area contributed by atoms with Crippen molar-refractivity contribution in [2.75, 3.05) is 10.2 Å². The van der Waals surface area contributed by atoms with E-state index >= 15 is 0 Å². The molecule has 1 aliphatic heterocycles. The van der Waals surface area contributed by atoms with Gasteiger partial charge in [-0.05, 0) is 48.7 Å². The molecular weight excluding hydrogens is 446 g/mol. The number of hydrogen-bond donors (Lipinski definition) is 2. The third-order valence-corrected chi connectivity index (χ3v) is 5.78. The second kappa shape index (κ2) is 8.67. The van der Waals surface area contributed by atoms with E-state index in [1.165, 1.54) is 37.3 Å². The smallest absolute Gasteiger partial charge is 0.338 e. The molecule has 9 nitrogen and oxygen atoms in total. The number of primary amides is 1. The lowest BCUT2D eigenvalue weighted by molar-refractivity contribution is -0.123. The van der Waals surface area contributed by atoms with Gasteiger partial charge in [0.2, 0.25) is 0 Å². The summed E-state index contributed by atoms with van der Waals surface area (Å²) in [5.74, 6) is -3.14. The topological polar surface area (TPSA) is 136 Å². The van der Waals surface area contributed by atoms with Gasteiger partial charge in [0.1, 0.15) is 5.00 Å². The normalized spacial score (nSPS) is 13.4. The Balaban J connectivity index is 1.48. The van der Waals surface area contributed by atoms with Gasteiger partial charge in [-0.1, -0.05) is 18.2 Å². The second-order valence-electron chi connectivity index (χ2n) is 7.11. The van der Waals surface area contributed by atoms with E-state index in [0.717, 1.165) is 16.2 Å². The van der Waals surface area contributed by atoms with Gasteiger partial charge in [-0.3, -0.25) is 19.2 Å². The van der Waals surface area contributed by atoms with Crippen molar-refractivity contribution >= 4 is 51.6 Å². The minimum absolute atomic E-state index is 0.0534. The molecule has 33 heavy (non-hydrogen) atoms. The number of esters is 1. The molecule has 0 spiro atoms. The number of nitrogens with two attached hydrogens (primary N) is 1. The molecule has 4 rings (SSSR count). The van der Waals surface area contributed by atoms with Gasteiger partial charge in [0.25, 0.3) is 23.6 Å². The third-order valence-electron chi connectivity index (χ3n) is 4.95. The number of imide groups is 1. The van der Waals surface area contributed by atoms with Crippen molar-refractivity contribution in [2.45, 2.75) is 13.0 Å². The Morgan fingerprint density at radius 3 is 2.30 bits per heavy atom. The van der Waals surface area contributed by atoms with Crippen LogP contribution in [0.2, 0.25) is 0 Å². The zero-order valence-corrected chi connectivity index (χ0v) is 18.0. The molecule has 0 saturated carbocycles. The average molecular weight is 463 g/mol. The minimum Gasteiger partial charge on any atom is -0.449 e. The summed E-state index contributed by atoms with van der Waals surface area (Å²) in [7, 11) is 0. The Labute approximate surface area is 191 Å². The summed E-state index contributed by atoms with van der Waals surface area (Å²) in [6.07, 6.45) is -1.19. The van der Waals surface area contributed by atoms with Crippen LogP contribution in [0, 0.1) is 0 Å². The Kier molecular flexibility index (Phi) is 5.76. The molecule has 1 aromatic heterocycles. The van der Waals surface area contributed by atoms with Gasteiger partial charge in [0.15, 0.2) is 6.10 Å². The monoisotopic (exact) mass is 463 g/mol. The van der Waals surface area contributed by atoms with Crippen LogP contribution >= 0.6 is 11.3 Å². The number of carbonyl (C=O) groups excluding carboxylic acids is 5. The molecule has 1 aliphatic rings. The molecule has 166 valence electrons. The van der Waals surface area contributed by atoms with E-state index in [0.29, 0.717) is 0 Å². The number of hydrogen-bond acceptors (Lipinski definition) is 7. The van der Waals surface area contributed by atoms with Crippen LogP contribution in [0.3, 0.4) is 0 Å². The highest BCUT2D eigenvalue weighted by Crippen LogP contribution is 2.29. The number of nitrogens with one attached hydrogen (secondary N) is 1. The number of fused-ring (bicyclic) bond motifs is 1. The number of nitrogens with zero attached hydrogens (tertiary/aromatic N) is 1. The number of rotatable bonds is 6. The van der Waals surface area contributed by atoms with Crippen LogP contribution in [0.1, 0.15) is 48.4 Å². The zero-order chi connectivity index (χ0) is 23.7. The van der Waals surface area contributed by atoms with Gasteiger partial charge in [0, 0.05) is 0 Å². The lowest BCUT2D eigenvalue weighted by Crippen LogP contribution is -2.31. The molecule has 1 atom stereocenters. The summed E-state index contributed by atoms with van der Waals surface area (Å²) in [6, 6.07) is 13.7. The fourth-order valence-electron chi connectivity index (χ4n) is 3.29. The summed E-state index contributed by atoms with van der Waals surface area (Å²) < 4.78 is 5.23. The van der Waals surface area contributed by atoms with Crippen molar-refractivity contribution in [3.8, 4) is 0 Å². The third kappa shape index (κ3) is 4.11. The molecule has 2 heterocycles. The van der Waals surface area contributed by atoms with Crippen LogP contribution in [0.5, 0.6) is 0 Å². The molecule has 1 unspecified atom stereocenters. The first-order chi connectivity index (χ1) is 15.8. The molecule has 0 bridgehead atoms. The first-order valence-corrected chi connectivity index (χ1v) is 10.6. The Morgan fingerprint density at radius 1 is 1.00 bits per heavy atom. The first-order valence-electron chi connectivity index (χ1n) is 9.75. The molecule has 0 saturated heterocycles. The molecule has 0 radical (unpaired) electrons. The fourth-order valence-corrected chi connectivity index (χ4v) is 4.09. The highest BCUT2D eigenvalue weighted by molar-refractivity contribution is 7.14. The zero-order valence-electron chi connectivity index (χ0n) is 17.2. The quantitative estimate of drug-likeness (QED) is 0.426. The van der Waals surface area contributed by atoms with Gasteiger partial charge in [-0.15, -0.1) is 11.3 Å². The summed E-state index contributed by atoms with van der Waals surface area (Å²) >= 11 is 1.11. The standard InChI is InChI=1S/C23H17N3O6S/c1-12(19(28)25-20-17(18(24)27)9-10-33-20)32-23(31)13-5-4-6-14(11-13)26-21(29)15-7-2-3-8-16(15)22(26)30/h2-12H,1H3,(H2,24,27)(H,25,28). The van der Waals surface area contributed by atoms with E-state index in [2.05, 4.69) is 5.32 Å². The van der Waals surface area contributed by atoms with E-state index in [4.69, 9.17) is 10.5 Å². The van der Waals surface area contributed by atoms with Crippen LogP contribution in [0.4, 0.5) is 10.7 Å². The number of anilines is 2. The van der Waals surface area contributed by atoms with Crippen LogP contribution < -0.4 is 16.0 Å². The SMILES string of the molecule is CC(OC(=O)c1cccc(N2C(=O)c3ccccc3C2=O)c1)C(=O)Nc1sccc1C(N)=O. The maximum absolute atomic E-state index is 12.7. The fraction of sp³-hybridized carbons (Fsp3) is 0.0870. The molecule has 4 amide bonds. The second-order valence-corrected chi connectivity index (χ2v) is 8.02. The van der Waals surface area contributed by atoms with Crippen LogP contribution in [-0.2, 0) is 9.53 Å². The molecule has 3 N–H and O–H groups in total. The number of benzene rings is 2. The predicted molar refractivity (Wildman–Crippen MR) is 120 cm³/mol. The van der Waals surface area contributed by atoms with Crippen molar-refractivity contribution < 1.29 is 28.7 Å². The largest absolute Gasteiger partial charge is 0.449 e. The molecule has 0 aliphatic carbocycles. The van der Waals surface area contributed by atoms with E-state index in [9.17, 15) is 24.0 Å². The first kappa shape index (κ1) is 21.9. The molecule has 0 fully saturated rings. The van der Waals surface area contributed by atoms with E-state index in [1.54, 1.807) is 29.6 Å².